The normalized spacial score (nSPS) is 12.9. The summed E-state index contributed by atoms with van der Waals surface area (Å²) in [7, 11) is 0. The molecule has 0 aliphatic heterocycles. The Bertz CT molecular complexity index is 306. The van der Waals surface area contributed by atoms with Crippen LogP contribution in [0.25, 0.3) is 0 Å². The number of hydrogen-bond donors (Lipinski definition) is 2. The van der Waals surface area contributed by atoms with Crippen molar-refractivity contribution in [3.63, 3.8) is 0 Å². The quantitative estimate of drug-likeness (QED) is 0.889. The summed E-state index contributed by atoms with van der Waals surface area (Å²) in [5.74, 6) is 0. The molecule has 0 spiro atoms. The summed E-state index contributed by atoms with van der Waals surface area (Å²) < 4.78 is 0.969. The van der Waals surface area contributed by atoms with Crippen molar-refractivity contribution in [1.29, 1.82) is 0 Å². The van der Waals surface area contributed by atoms with E-state index in [0.717, 1.165) is 16.5 Å². The van der Waals surface area contributed by atoms with Crippen LogP contribution in [0.5, 0.6) is 0 Å². The molecule has 1 aromatic carbocycles. The first-order valence-corrected chi connectivity index (χ1v) is 5.63. The lowest BCUT2D eigenvalue weighted by molar-refractivity contribution is 0.280. The number of aliphatic hydroxyl groups excluding tert-OH is 1. The maximum Gasteiger partial charge on any atom is 0.0454 e. The van der Waals surface area contributed by atoms with E-state index >= 15 is 0 Å². The Hall–Kier alpha value is -0.0900. The van der Waals surface area contributed by atoms with Crippen molar-refractivity contribution >= 4 is 27.5 Å². The molecular weight excluding hydrogens is 265 g/mol. The number of nitrogens with two attached hydrogens (primary N) is 1. The Morgan fingerprint density at radius 1 is 1.50 bits per heavy atom. The summed E-state index contributed by atoms with van der Waals surface area (Å²) in [6.45, 7) is 0.166. The number of hydrogen-bond acceptors (Lipinski definition) is 2. The molecule has 0 aliphatic rings. The maximum atomic E-state index is 8.69. The van der Waals surface area contributed by atoms with Gasteiger partial charge in [0.05, 0.1) is 0 Å². The zero-order chi connectivity index (χ0) is 10.6. The molecule has 0 saturated heterocycles. The van der Waals surface area contributed by atoms with Gasteiger partial charge in [-0.3, -0.25) is 0 Å². The molecular formula is C10H13BrClNO. The summed E-state index contributed by atoms with van der Waals surface area (Å²) in [6, 6.07) is 5.52. The van der Waals surface area contributed by atoms with E-state index in [4.69, 9.17) is 22.4 Å². The van der Waals surface area contributed by atoms with Crippen molar-refractivity contribution in [1.82, 2.24) is 0 Å². The molecule has 1 atom stereocenters. The van der Waals surface area contributed by atoms with Gasteiger partial charge in [-0.15, -0.1) is 0 Å². The van der Waals surface area contributed by atoms with Gasteiger partial charge in [-0.1, -0.05) is 27.5 Å². The fourth-order valence-electron chi connectivity index (χ4n) is 1.27. The highest BCUT2D eigenvalue weighted by molar-refractivity contribution is 9.10. The van der Waals surface area contributed by atoms with Crippen molar-refractivity contribution in [2.24, 2.45) is 5.73 Å². The Balaban J connectivity index is 2.77. The van der Waals surface area contributed by atoms with Gasteiger partial charge in [-0.05, 0) is 36.6 Å². The van der Waals surface area contributed by atoms with Crippen molar-refractivity contribution in [2.45, 2.75) is 18.9 Å². The lowest BCUT2D eigenvalue weighted by Crippen LogP contribution is -2.11. The van der Waals surface area contributed by atoms with Gasteiger partial charge in [0.2, 0.25) is 0 Å². The van der Waals surface area contributed by atoms with Gasteiger partial charge >= 0.3 is 0 Å². The van der Waals surface area contributed by atoms with E-state index in [2.05, 4.69) is 15.9 Å². The second kappa shape index (κ2) is 5.71. The summed E-state index contributed by atoms with van der Waals surface area (Å²) in [5.41, 5.74) is 6.86. The molecule has 0 unspecified atom stereocenters. The molecule has 4 heteroatoms. The lowest BCUT2D eigenvalue weighted by atomic mass is 10.0. The van der Waals surface area contributed by atoms with Gasteiger partial charge in [0.25, 0.3) is 0 Å². The molecule has 2 nitrogen and oxygen atoms in total. The fraction of sp³-hybridized carbons (Fsp3) is 0.400. The van der Waals surface area contributed by atoms with Crippen LogP contribution in [0, 0.1) is 0 Å². The minimum absolute atomic E-state index is 0.104. The van der Waals surface area contributed by atoms with Crippen molar-refractivity contribution in [3.8, 4) is 0 Å². The number of benzene rings is 1. The average Bonchev–Trinajstić information content (AvgIpc) is 2.18. The monoisotopic (exact) mass is 277 g/mol. The van der Waals surface area contributed by atoms with Gasteiger partial charge in [0, 0.05) is 22.1 Å². The summed E-state index contributed by atoms with van der Waals surface area (Å²) in [6.07, 6.45) is 1.44. The molecule has 78 valence electrons. The zero-order valence-corrected chi connectivity index (χ0v) is 10.1. The molecule has 3 N–H and O–H groups in total. The summed E-state index contributed by atoms with van der Waals surface area (Å²) in [5, 5.41) is 9.37. The molecule has 0 aromatic heterocycles. The molecule has 0 aliphatic carbocycles. The van der Waals surface area contributed by atoms with Gasteiger partial charge in [-0.25, -0.2) is 0 Å². The number of aliphatic hydroxyl groups is 1. The Morgan fingerprint density at radius 3 is 2.86 bits per heavy atom. The molecule has 0 fully saturated rings. The van der Waals surface area contributed by atoms with E-state index in [9.17, 15) is 0 Å². The molecule has 1 aromatic rings. The lowest BCUT2D eigenvalue weighted by Gasteiger charge is -2.13. The van der Waals surface area contributed by atoms with E-state index in [1.54, 1.807) is 0 Å². The predicted octanol–water partition coefficient (Wildman–Crippen LogP) is 2.87. The van der Waals surface area contributed by atoms with Crippen molar-refractivity contribution in [2.75, 3.05) is 6.61 Å². The number of rotatable bonds is 4. The number of halogens is 2. The topological polar surface area (TPSA) is 46.2 Å². The van der Waals surface area contributed by atoms with Crippen LogP contribution >= 0.6 is 27.5 Å². The first-order chi connectivity index (χ1) is 6.65. The third kappa shape index (κ3) is 3.24. The van der Waals surface area contributed by atoms with Gasteiger partial charge in [0.1, 0.15) is 0 Å². The standard InChI is InChI=1S/C10H13BrClNO/c11-7-3-4-9(12)8(6-7)10(13)2-1-5-14/h3-4,6,10,14H,1-2,5,13H2/t10-/m1/s1. The average molecular weight is 279 g/mol. The van der Waals surface area contributed by atoms with Gasteiger partial charge in [0.15, 0.2) is 0 Å². The highest BCUT2D eigenvalue weighted by Crippen LogP contribution is 2.27. The Labute approximate surface area is 97.2 Å². The van der Waals surface area contributed by atoms with Crippen LogP contribution in [0.1, 0.15) is 24.4 Å². The van der Waals surface area contributed by atoms with E-state index in [-0.39, 0.29) is 12.6 Å². The molecule has 0 bridgehead atoms. The van der Waals surface area contributed by atoms with Crippen LogP contribution in [0.15, 0.2) is 22.7 Å². The second-order valence-electron chi connectivity index (χ2n) is 3.14. The van der Waals surface area contributed by atoms with Crippen LogP contribution in [0.4, 0.5) is 0 Å². The van der Waals surface area contributed by atoms with E-state index in [1.165, 1.54) is 0 Å². The first kappa shape index (κ1) is 12.0. The summed E-state index contributed by atoms with van der Waals surface area (Å²) >= 11 is 9.38. The highest BCUT2D eigenvalue weighted by atomic mass is 79.9. The maximum absolute atomic E-state index is 8.69. The molecule has 0 amide bonds. The van der Waals surface area contributed by atoms with Crippen LogP contribution in [0.2, 0.25) is 5.02 Å². The highest BCUT2D eigenvalue weighted by Gasteiger charge is 2.09. The van der Waals surface area contributed by atoms with Gasteiger partial charge in [-0.2, -0.15) is 0 Å². The summed E-state index contributed by atoms with van der Waals surface area (Å²) in [4.78, 5) is 0. The SMILES string of the molecule is N[C@H](CCCO)c1cc(Br)ccc1Cl. The second-order valence-corrected chi connectivity index (χ2v) is 4.46. The predicted molar refractivity (Wildman–Crippen MR) is 62.4 cm³/mol. The largest absolute Gasteiger partial charge is 0.396 e. The fourth-order valence-corrected chi connectivity index (χ4v) is 1.90. The minimum atomic E-state index is -0.104. The van der Waals surface area contributed by atoms with E-state index in [1.807, 2.05) is 18.2 Å². The van der Waals surface area contributed by atoms with Crippen LogP contribution in [-0.2, 0) is 0 Å². The molecule has 0 saturated carbocycles. The Morgan fingerprint density at radius 2 is 2.21 bits per heavy atom. The minimum Gasteiger partial charge on any atom is -0.396 e. The smallest absolute Gasteiger partial charge is 0.0454 e. The van der Waals surface area contributed by atoms with Crippen LogP contribution in [0.3, 0.4) is 0 Å². The van der Waals surface area contributed by atoms with E-state index in [0.29, 0.717) is 11.4 Å². The molecule has 0 heterocycles. The molecule has 14 heavy (non-hydrogen) atoms. The molecule has 1 rings (SSSR count). The van der Waals surface area contributed by atoms with Crippen molar-refractivity contribution in [3.05, 3.63) is 33.3 Å². The Kier molecular flexibility index (Phi) is 4.89. The molecule has 0 radical (unpaired) electrons. The van der Waals surface area contributed by atoms with Gasteiger partial charge < -0.3 is 10.8 Å². The van der Waals surface area contributed by atoms with Crippen LogP contribution in [-0.4, -0.2) is 11.7 Å². The van der Waals surface area contributed by atoms with Crippen molar-refractivity contribution < 1.29 is 5.11 Å². The third-order valence-electron chi connectivity index (χ3n) is 2.03. The van der Waals surface area contributed by atoms with Crippen LogP contribution < -0.4 is 5.73 Å². The zero-order valence-electron chi connectivity index (χ0n) is 7.71. The first-order valence-electron chi connectivity index (χ1n) is 4.46. The van der Waals surface area contributed by atoms with E-state index < -0.39 is 0 Å². The third-order valence-corrected chi connectivity index (χ3v) is 2.87.